The highest BCUT2D eigenvalue weighted by molar-refractivity contribution is 7.99. The van der Waals surface area contributed by atoms with E-state index in [1.807, 2.05) is 20.0 Å². The van der Waals surface area contributed by atoms with Crippen LogP contribution in [0.25, 0.3) is 0 Å². The number of rotatable bonds is 7. The zero-order valence-electron chi connectivity index (χ0n) is 15.6. The summed E-state index contributed by atoms with van der Waals surface area (Å²) in [5.74, 6) is 1.30. The zero-order chi connectivity index (χ0) is 21.0. The van der Waals surface area contributed by atoms with Gasteiger partial charge >= 0.3 is 0 Å². The van der Waals surface area contributed by atoms with E-state index < -0.39 is 0 Å². The largest absolute Gasteiger partial charge is 0.486 e. The summed E-state index contributed by atoms with van der Waals surface area (Å²) in [6.07, 6.45) is 0. The quantitative estimate of drug-likeness (QED) is 0.468. The second-order valence-electron chi connectivity index (χ2n) is 6.15. The number of hydrogen-bond acceptors (Lipinski definition) is 5. The molecule has 2 aromatic carbocycles. The van der Waals surface area contributed by atoms with Crippen LogP contribution in [0.1, 0.15) is 11.4 Å². The molecule has 0 bridgehead atoms. The van der Waals surface area contributed by atoms with Crippen molar-refractivity contribution in [3.63, 3.8) is 0 Å². The number of nitrogens with one attached hydrogen (secondary N) is 1. The number of nitrogens with zero attached hydrogens (tertiary/aromatic N) is 3. The Labute approximate surface area is 187 Å². The lowest BCUT2D eigenvalue weighted by atomic mass is 10.2. The predicted molar refractivity (Wildman–Crippen MR) is 117 cm³/mol. The molecule has 0 aliphatic heterocycles. The van der Waals surface area contributed by atoms with Crippen molar-refractivity contribution in [2.45, 2.75) is 18.7 Å². The number of ether oxygens (including phenoxy) is 1. The fourth-order valence-electron chi connectivity index (χ4n) is 2.40. The van der Waals surface area contributed by atoms with Crippen LogP contribution in [-0.2, 0) is 18.4 Å². The maximum atomic E-state index is 12.2. The van der Waals surface area contributed by atoms with Gasteiger partial charge in [0.05, 0.1) is 5.75 Å². The molecule has 0 spiro atoms. The average Bonchev–Trinajstić information content (AvgIpc) is 3.00. The molecule has 1 N–H and O–H groups in total. The summed E-state index contributed by atoms with van der Waals surface area (Å²) in [7, 11) is 1.82. The highest BCUT2D eigenvalue weighted by Gasteiger charge is 2.13. The van der Waals surface area contributed by atoms with Crippen LogP contribution < -0.4 is 10.1 Å². The van der Waals surface area contributed by atoms with E-state index in [1.54, 1.807) is 34.9 Å². The number of amides is 1. The van der Waals surface area contributed by atoms with Crippen LogP contribution in [-0.4, -0.2) is 26.4 Å². The van der Waals surface area contributed by atoms with Crippen molar-refractivity contribution >= 4 is 58.2 Å². The summed E-state index contributed by atoms with van der Waals surface area (Å²) in [6, 6.07) is 10.3. The number of benzene rings is 2. The Morgan fingerprint density at radius 2 is 1.86 bits per heavy atom. The number of aryl methyl sites for hydroxylation is 1. The lowest BCUT2D eigenvalue weighted by molar-refractivity contribution is -0.113. The Kier molecular flexibility index (Phi) is 7.29. The summed E-state index contributed by atoms with van der Waals surface area (Å²) in [5, 5.41) is 13.2. The minimum atomic E-state index is -0.203. The second-order valence-corrected chi connectivity index (χ2v) is 8.38. The van der Waals surface area contributed by atoms with E-state index in [4.69, 9.17) is 39.5 Å². The van der Waals surface area contributed by atoms with Gasteiger partial charge in [-0.05, 0) is 48.9 Å². The number of hydrogen-bond donors (Lipinski definition) is 1. The molecule has 0 radical (unpaired) electrons. The third-order valence-corrected chi connectivity index (χ3v) is 5.78. The van der Waals surface area contributed by atoms with Crippen molar-refractivity contribution in [3.05, 3.63) is 62.9 Å². The van der Waals surface area contributed by atoms with Crippen molar-refractivity contribution in [3.8, 4) is 5.75 Å². The fraction of sp³-hybridized carbons (Fsp3) is 0.211. The molecule has 0 unspecified atom stereocenters. The van der Waals surface area contributed by atoms with Gasteiger partial charge < -0.3 is 14.6 Å². The van der Waals surface area contributed by atoms with E-state index in [-0.39, 0.29) is 18.3 Å². The van der Waals surface area contributed by atoms with Crippen LogP contribution in [0.15, 0.2) is 41.6 Å². The minimum absolute atomic E-state index is 0.160. The van der Waals surface area contributed by atoms with Gasteiger partial charge in [-0.1, -0.05) is 46.6 Å². The maximum absolute atomic E-state index is 12.2. The van der Waals surface area contributed by atoms with Crippen LogP contribution in [0.5, 0.6) is 5.75 Å². The summed E-state index contributed by atoms with van der Waals surface area (Å²) < 4.78 is 7.54. The van der Waals surface area contributed by atoms with Gasteiger partial charge in [-0.2, -0.15) is 0 Å². The minimum Gasteiger partial charge on any atom is -0.486 e. The molecule has 152 valence electrons. The highest BCUT2D eigenvalue weighted by Crippen LogP contribution is 2.24. The Morgan fingerprint density at radius 3 is 2.55 bits per heavy atom. The molecule has 0 saturated heterocycles. The summed E-state index contributed by atoms with van der Waals surface area (Å²) in [4.78, 5) is 12.2. The lowest BCUT2D eigenvalue weighted by Gasteiger charge is -2.08. The molecule has 1 heterocycles. The molecule has 3 aromatic rings. The SMILES string of the molecule is Cc1cc(OCc2nnc(SCC(=O)Nc3cc(Cl)cc(Cl)c3)n2C)ccc1Cl. The molecular formula is C19H17Cl3N4O2S. The van der Waals surface area contributed by atoms with Crippen molar-refractivity contribution in [1.29, 1.82) is 0 Å². The monoisotopic (exact) mass is 470 g/mol. The molecular weight excluding hydrogens is 455 g/mol. The first-order valence-electron chi connectivity index (χ1n) is 8.48. The third-order valence-electron chi connectivity index (χ3n) is 3.90. The van der Waals surface area contributed by atoms with Crippen molar-refractivity contribution < 1.29 is 9.53 Å². The smallest absolute Gasteiger partial charge is 0.234 e. The molecule has 0 atom stereocenters. The topological polar surface area (TPSA) is 69.0 Å². The molecule has 1 aromatic heterocycles. The lowest BCUT2D eigenvalue weighted by Crippen LogP contribution is -2.14. The standard InChI is InChI=1S/C19H17Cl3N4O2S/c1-11-5-15(3-4-16(11)22)28-9-17-24-25-19(26(17)2)29-10-18(27)23-14-7-12(20)6-13(21)8-14/h3-8H,9-10H2,1-2H3,(H,23,27). The van der Waals surface area contributed by atoms with Gasteiger partial charge in [0.1, 0.15) is 12.4 Å². The number of carbonyl (C=O) groups excluding carboxylic acids is 1. The molecule has 3 rings (SSSR count). The van der Waals surface area contributed by atoms with E-state index in [2.05, 4.69) is 15.5 Å². The first-order chi connectivity index (χ1) is 13.8. The number of anilines is 1. The molecule has 6 nitrogen and oxygen atoms in total. The van der Waals surface area contributed by atoms with Gasteiger partial charge in [-0.15, -0.1) is 10.2 Å². The van der Waals surface area contributed by atoms with Crippen LogP contribution >= 0.6 is 46.6 Å². The normalized spacial score (nSPS) is 10.8. The summed E-state index contributed by atoms with van der Waals surface area (Å²) in [5.41, 5.74) is 1.48. The summed E-state index contributed by atoms with van der Waals surface area (Å²) in [6.45, 7) is 2.16. The van der Waals surface area contributed by atoms with Gasteiger partial charge in [0, 0.05) is 27.8 Å². The van der Waals surface area contributed by atoms with Crippen LogP contribution in [0.2, 0.25) is 15.1 Å². The molecule has 29 heavy (non-hydrogen) atoms. The van der Waals surface area contributed by atoms with Gasteiger partial charge in [0.2, 0.25) is 5.91 Å². The molecule has 0 aliphatic rings. The predicted octanol–water partition coefficient (Wildman–Crippen LogP) is 5.39. The number of thioether (sulfide) groups is 1. The Bertz CT molecular complexity index is 1020. The molecule has 1 amide bonds. The van der Waals surface area contributed by atoms with E-state index in [1.165, 1.54) is 11.8 Å². The van der Waals surface area contributed by atoms with Crippen molar-refractivity contribution in [2.75, 3.05) is 11.1 Å². The number of carbonyl (C=O) groups is 1. The number of halogens is 3. The van der Waals surface area contributed by atoms with E-state index >= 15 is 0 Å². The highest BCUT2D eigenvalue weighted by atomic mass is 35.5. The summed E-state index contributed by atoms with van der Waals surface area (Å²) >= 11 is 19.2. The van der Waals surface area contributed by atoms with Crippen LogP contribution in [0.4, 0.5) is 5.69 Å². The van der Waals surface area contributed by atoms with E-state index in [0.29, 0.717) is 37.5 Å². The molecule has 0 saturated carbocycles. The zero-order valence-corrected chi connectivity index (χ0v) is 18.7. The average molecular weight is 472 g/mol. The fourth-order valence-corrected chi connectivity index (χ4v) is 3.78. The van der Waals surface area contributed by atoms with Gasteiger partial charge in [0.15, 0.2) is 11.0 Å². The molecule has 0 fully saturated rings. The molecule has 10 heteroatoms. The Morgan fingerprint density at radius 1 is 1.14 bits per heavy atom. The van der Waals surface area contributed by atoms with Crippen molar-refractivity contribution in [2.24, 2.45) is 7.05 Å². The van der Waals surface area contributed by atoms with Gasteiger partial charge in [0.25, 0.3) is 0 Å². The maximum Gasteiger partial charge on any atom is 0.234 e. The van der Waals surface area contributed by atoms with Crippen molar-refractivity contribution in [1.82, 2.24) is 14.8 Å². The van der Waals surface area contributed by atoms with E-state index in [9.17, 15) is 4.79 Å². The first-order valence-corrected chi connectivity index (χ1v) is 10.6. The van der Waals surface area contributed by atoms with Gasteiger partial charge in [-0.3, -0.25) is 4.79 Å². The van der Waals surface area contributed by atoms with Gasteiger partial charge in [-0.25, -0.2) is 0 Å². The number of aromatic nitrogens is 3. The Balaban J connectivity index is 1.54. The molecule has 0 aliphatic carbocycles. The first kappa shape index (κ1) is 21.8. The Hall–Kier alpha value is -1.93. The third kappa shape index (κ3) is 6.02. The second kappa shape index (κ2) is 9.71. The van der Waals surface area contributed by atoms with Crippen LogP contribution in [0, 0.1) is 6.92 Å². The van der Waals surface area contributed by atoms with Crippen LogP contribution in [0.3, 0.4) is 0 Å². The van der Waals surface area contributed by atoms with E-state index in [0.717, 1.165) is 5.56 Å².